The fourth-order valence-electron chi connectivity index (χ4n) is 8.16. The number of nitriles is 2. The normalized spacial score (nSPS) is 31.2. The number of nitrogens with two attached hydrogens (primary N) is 2. The standard InChI is InChI=1S/C36H24N8O4S2/c1-2-16-43-31(49-33-25(17-37)29(39)47-35(33,43)23-14-8-6-12-21(23)27(33)45)41-42-32-44(19-20-10-4-3-5-11-20)36-24-15-9-7-13-22(24)28(46)34(36,50-32)26(18-38)30(40)48-36/h2-15H,1,16,19,39-40H2/b41-31+,42-32?/t33-,34-,35-,36-/m1/s1. The molecule has 2 saturated heterocycles. The third-order valence-corrected chi connectivity index (χ3v) is 12.9. The van der Waals surface area contributed by atoms with Crippen LogP contribution >= 0.6 is 23.5 Å². The van der Waals surface area contributed by atoms with Gasteiger partial charge in [-0.1, -0.05) is 108 Å². The minimum Gasteiger partial charge on any atom is -0.445 e. The molecule has 0 aromatic heterocycles. The van der Waals surface area contributed by atoms with Crippen LogP contribution in [0.3, 0.4) is 0 Å². The number of carbonyl (C=O) groups excluding carboxylic acids is 2. The zero-order valence-electron chi connectivity index (χ0n) is 26.0. The van der Waals surface area contributed by atoms with Crippen molar-refractivity contribution in [1.29, 1.82) is 10.5 Å². The Morgan fingerprint density at radius 3 is 1.70 bits per heavy atom. The summed E-state index contributed by atoms with van der Waals surface area (Å²) >= 11 is 2.10. The second kappa shape index (κ2) is 10.0. The van der Waals surface area contributed by atoms with Crippen molar-refractivity contribution >= 4 is 45.4 Å². The van der Waals surface area contributed by atoms with Crippen LogP contribution in [0.4, 0.5) is 0 Å². The Morgan fingerprint density at radius 2 is 1.20 bits per heavy atom. The molecule has 4 N–H and O–H groups in total. The summed E-state index contributed by atoms with van der Waals surface area (Å²) in [6, 6.07) is 28.0. The van der Waals surface area contributed by atoms with Crippen molar-refractivity contribution in [3.05, 3.63) is 142 Å². The van der Waals surface area contributed by atoms with Crippen molar-refractivity contribution in [3.63, 3.8) is 0 Å². The Labute approximate surface area is 294 Å². The number of Topliss-reactive ketones (excluding diaryl/α,β-unsaturated/α-hetero) is 2. The van der Waals surface area contributed by atoms with Crippen LogP contribution in [0.1, 0.15) is 37.4 Å². The molecule has 2 aliphatic carbocycles. The van der Waals surface area contributed by atoms with Crippen molar-refractivity contribution in [2.45, 2.75) is 27.5 Å². The van der Waals surface area contributed by atoms with Crippen LogP contribution in [0.2, 0.25) is 0 Å². The Hall–Kier alpha value is -5.96. The van der Waals surface area contributed by atoms with Gasteiger partial charge in [0.2, 0.25) is 23.2 Å². The van der Waals surface area contributed by atoms with Crippen LogP contribution in [0.25, 0.3) is 0 Å². The number of hydrogen-bond acceptors (Lipinski definition) is 12. The second-order valence-corrected chi connectivity index (χ2v) is 14.6. The summed E-state index contributed by atoms with van der Waals surface area (Å²) in [6.45, 7) is 4.31. The van der Waals surface area contributed by atoms with Gasteiger partial charge in [-0.25, -0.2) is 0 Å². The molecular formula is C36H24N8O4S2. The summed E-state index contributed by atoms with van der Waals surface area (Å²) in [5, 5.41) is 30.8. The van der Waals surface area contributed by atoms with Gasteiger partial charge in [-0.15, -0.1) is 16.8 Å². The van der Waals surface area contributed by atoms with E-state index >= 15 is 0 Å². The van der Waals surface area contributed by atoms with Crippen LogP contribution in [0, 0.1) is 22.7 Å². The number of ketones is 2. The highest BCUT2D eigenvalue weighted by atomic mass is 32.2. The summed E-state index contributed by atoms with van der Waals surface area (Å²) in [5.41, 5.74) is 12.4. The average Bonchev–Trinajstić information content (AvgIpc) is 3.84. The molecule has 4 aliphatic heterocycles. The van der Waals surface area contributed by atoms with Crippen molar-refractivity contribution in [2.75, 3.05) is 6.54 Å². The lowest BCUT2D eigenvalue weighted by molar-refractivity contribution is -0.0851. The van der Waals surface area contributed by atoms with Gasteiger partial charge >= 0.3 is 0 Å². The highest BCUT2D eigenvalue weighted by Gasteiger charge is 2.81. The van der Waals surface area contributed by atoms with Crippen molar-refractivity contribution < 1.29 is 19.1 Å². The molecule has 0 radical (unpaired) electrons. The summed E-state index contributed by atoms with van der Waals surface area (Å²) < 4.78 is 9.68. The zero-order valence-corrected chi connectivity index (χ0v) is 27.6. The molecule has 2 fully saturated rings. The number of hydrogen-bond donors (Lipinski definition) is 2. The minimum atomic E-state index is -1.60. The third kappa shape index (κ3) is 3.15. The van der Waals surface area contributed by atoms with Gasteiger partial charge in [0.15, 0.2) is 31.4 Å². The third-order valence-electron chi connectivity index (χ3n) is 10.0. The molecule has 0 unspecified atom stereocenters. The number of amidine groups is 2. The zero-order chi connectivity index (χ0) is 34.6. The van der Waals surface area contributed by atoms with E-state index in [1.807, 2.05) is 35.2 Å². The molecular weight excluding hydrogens is 673 g/mol. The number of carbonyl (C=O) groups is 2. The molecule has 244 valence electrons. The lowest BCUT2D eigenvalue weighted by Crippen LogP contribution is -2.53. The first kappa shape index (κ1) is 30.1. The largest absolute Gasteiger partial charge is 0.445 e. The van der Waals surface area contributed by atoms with Gasteiger partial charge in [-0.05, 0) is 5.56 Å². The second-order valence-electron chi connectivity index (χ2n) is 12.2. The van der Waals surface area contributed by atoms with E-state index < -0.39 is 20.9 Å². The van der Waals surface area contributed by atoms with Gasteiger partial charge < -0.3 is 30.7 Å². The summed E-state index contributed by atoms with van der Waals surface area (Å²) in [6.07, 6.45) is 1.64. The molecule has 6 aliphatic rings. The topological polar surface area (TPSA) is 183 Å². The summed E-state index contributed by atoms with van der Waals surface area (Å²) in [4.78, 5) is 32.3. The molecule has 12 nitrogen and oxygen atoms in total. The van der Waals surface area contributed by atoms with E-state index in [1.165, 1.54) is 0 Å². The number of nitrogens with zero attached hydrogens (tertiary/aromatic N) is 6. The van der Waals surface area contributed by atoms with Crippen LogP contribution in [-0.2, 0) is 27.5 Å². The maximum atomic E-state index is 14.5. The SMILES string of the molecule is C=CCN1/C(=N\N=C2S[C@]34C(=O)c5ccccc5[C@]3(OC(N)=C4C#N)N2Cc2ccccc2)S[C@]23C(=O)c4ccccc4[C@]12OC(N)=C3C#N. The lowest BCUT2D eigenvalue weighted by atomic mass is 9.88. The first-order valence-electron chi connectivity index (χ1n) is 15.5. The van der Waals surface area contributed by atoms with Crippen LogP contribution in [0.15, 0.2) is 125 Å². The van der Waals surface area contributed by atoms with E-state index in [1.54, 1.807) is 59.5 Å². The van der Waals surface area contributed by atoms with E-state index in [0.29, 0.717) is 22.3 Å². The smallest absolute Gasteiger partial charge is 0.241 e. The molecule has 0 amide bonds. The van der Waals surface area contributed by atoms with Gasteiger partial charge in [0, 0.05) is 35.3 Å². The monoisotopic (exact) mass is 696 g/mol. The van der Waals surface area contributed by atoms with E-state index in [2.05, 4.69) is 18.7 Å². The first-order chi connectivity index (χ1) is 24.3. The van der Waals surface area contributed by atoms with Gasteiger partial charge in [-0.3, -0.25) is 9.59 Å². The summed E-state index contributed by atoms with van der Waals surface area (Å²) in [5.74, 6) is -0.924. The Kier molecular flexibility index (Phi) is 6.05. The fourth-order valence-corrected chi connectivity index (χ4v) is 11.2. The predicted octanol–water partition coefficient (Wildman–Crippen LogP) is 4.12. The molecule has 0 spiro atoms. The molecule has 4 heterocycles. The number of fused-ring (bicyclic) bond motifs is 2. The van der Waals surface area contributed by atoms with Crippen LogP contribution in [-0.4, -0.2) is 47.7 Å². The molecule has 4 atom stereocenters. The Bertz CT molecular complexity index is 2340. The molecule has 50 heavy (non-hydrogen) atoms. The number of thioether (sulfide) groups is 2. The van der Waals surface area contributed by atoms with E-state index in [-0.39, 0.29) is 57.9 Å². The number of benzene rings is 3. The Morgan fingerprint density at radius 1 is 0.740 bits per heavy atom. The molecule has 0 saturated carbocycles. The highest BCUT2D eigenvalue weighted by Crippen LogP contribution is 2.70. The lowest BCUT2D eigenvalue weighted by Gasteiger charge is -2.38. The molecule has 14 heteroatoms. The van der Waals surface area contributed by atoms with Crippen molar-refractivity contribution in [3.8, 4) is 12.1 Å². The molecule has 3 aromatic carbocycles. The van der Waals surface area contributed by atoms with E-state index in [4.69, 9.17) is 31.1 Å². The molecule has 0 bridgehead atoms. The molecule has 3 aromatic rings. The van der Waals surface area contributed by atoms with Crippen LogP contribution in [0.5, 0.6) is 0 Å². The number of rotatable bonds is 5. The van der Waals surface area contributed by atoms with Gasteiger partial charge in [0.1, 0.15) is 23.3 Å². The van der Waals surface area contributed by atoms with Crippen LogP contribution < -0.4 is 11.5 Å². The van der Waals surface area contributed by atoms with Gasteiger partial charge in [-0.2, -0.15) is 10.5 Å². The minimum absolute atomic E-state index is 0.000130. The maximum Gasteiger partial charge on any atom is 0.241 e. The quantitative estimate of drug-likeness (QED) is 0.288. The van der Waals surface area contributed by atoms with Gasteiger partial charge in [0.05, 0.1) is 0 Å². The number of ether oxygens (including phenoxy) is 2. The highest BCUT2D eigenvalue weighted by molar-refractivity contribution is 8.16. The average molecular weight is 697 g/mol. The first-order valence-corrected chi connectivity index (χ1v) is 17.1. The summed E-state index contributed by atoms with van der Waals surface area (Å²) in [7, 11) is 0. The maximum absolute atomic E-state index is 14.5. The fraction of sp³-hybridized carbons (Fsp3) is 0.167. The van der Waals surface area contributed by atoms with Crippen molar-refractivity contribution in [1.82, 2.24) is 9.80 Å². The van der Waals surface area contributed by atoms with Gasteiger partial charge in [0.25, 0.3) is 0 Å². The van der Waals surface area contributed by atoms with E-state index in [0.717, 1.165) is 29.1 Å². The Balaban J connectivity index is 1.25. The molecule has 9 rings (SSSR count). The van der Waals surface area contributed by atoms with Crippen molar-refractivity contribution in [2.24, 2.45) is 21.7 Å². The van der Waals surface area contributed by atoms with E-state index in [9.17, 15) is 20.1 Å². The predicted molar refractivity (Wildman–Crippen MR) is 185 cm³/mol.